The zero-order valence-corrected chi connectivity index (χ0v) is 15.3. The SMILES string of the molecule is CC(=O)N[C@H](C(=O)NCC(=O)Nc1ccc(Br)cc1C)C(C)C. The molecule has 3 N–H and O–H groups in total. The van der Waals surface area contributed by atoms with Crippen LogP contribution in [0.25, 0.3) is 0 Å². The summed E-state index contributed by atoms with van der Waals surface area (Å²) >= 11 is 3.36. The van der Waals surface area contributed by atoms with Gasteiger partial charge in [0.2, 0.25) is 17.7 Å². The molecule has 0 aliphatic carbocycles. The Balaban J connectivity index is 2.57. The molecule has 0 unspecified atom stereocenters. The van der Waals surface area contributed by atoms with Crippen molar-refractivity contribution in [1.29, 1.82) is 0 Å². The van der Waals surface area contributed by atoms with Gasteiger partial charge in [-0.1, -0.05) is 29.8 Å². The van der Waals surface area contributed by atoms with Crippen LogP contribution >= 0.6 is 15.9 Å². The van der Waals surface area contributed by atoms with E-state index in [9.17, 15) is 14.4 Å². The fraction of sp³-hybridized carbons (Fsp3) is 0.438. The summed E-state index contributed by atoms with van der Waals surface area (Å²) in [5.41, 5.74) is 1.60. The van der Waals surface area contributed by atoms with Gasteiger partial charge in [0.1, 0.15) is 6.04 Å². The van der Waals surface area contributed by atoms with Crippen LogP contribution in [-0.4, -0.2) is 30.3 Å². The Labute approximate surface area is 144 Å². The van der Waals surface area contributed by atoms with E-state index < -0.39 is 6.04 Å². The van der Waals surface area contributed by atoms with Gasteiger partial charge in [0.25, 0.3) is 0 Å². The van der Waals surface area contributed by atoms with Crippen molar-refractivity contribution in [2.75, 3.05) is 11.9 Å². The van der Waals surface area contributed by atoms with Crippen molar-refractivity contribution in [1.82, 2.24) is 10.6 Å². The van der Waals surface area contributed by atoms with Gasteiger partial charge in [-0.25, -0.2) is 0 Å². The van der Waals surface area contributed by atoms with E-state index >= 15 is 0 Å². The molecule has 126 valence electrons. The number of hydrogen-bond acceptors (Lipinski definition) is 3. The van der Waals surface area contributed by atoms with Gasteiger partial charge in [-0.2, -0.15) is 0 Å². The van der Waals surface area contributed by atoms with Gasteiger partial charge in [-0.3, -0.25) is 14.4 Å². The lowest BCUT2D eigenvalue weighted by atomic mass is 10.0. The summed E-state index contributed by atoms with van der Waals surface area (Å²) in [5.74, 6) is -1.06. The van der Waals surface area contributed by atoms with Gasteiger partial charge < -0.3 is 16.0 Å². The molecule has 1 aromatic carbocycles. The van der Waals surface area contributed by atoms with Crippen LogP contribution < -0.4 is 16.0 Å². The Morgan fingerprint density at radius 2 is 1.87 bits per heavy atom. The van der Waals surface area contributed by atoms with Crippen LogP contribution in [0.2, 0.25) is 0 Å². The van der Waals surface area contributed by atoms with Crippen LogP contribution in [-0.2, 0) is 14.4 Å². The molecule has 0 saturated heterocycles. The van der Waals surface area contributed by atoms with E-state index in [4.69, 9.17) is 0 Å². The van der Waals surface area contributed by atoms with Crippen LogP contribution in [0.15, 0.2) is 22.7 Å². The molecule has 1 aromatic rings. The second-order valence-electron chi connectivity index (χ2n) is 5.65. The van der Waals surface area contributed by atoms with Crippen LogP contribution in [0, 0.1) is 12.8 Å². The normalized spacial score (nSPS) is 11.7. The lowest BCUT2D eigenvalue weighted by Crippen LogP contribution is -2.50. The van der Waals surface area contributed by atoms with Crippen molar-refractivity contribution >= 4 is 39.3 Å². The van der Waals surface area contributed by atoms with E-state index in [-0.39, 0.29) is 30.2 Å². The first-order valence-electron chi connectivity index (χ1n) is 7.31. The van der Waals surface area contributed by atoms with Crippen LogP contribution in [0.5, 0.6) is 0 Å². The molecule has 1 atom stereocenters. The molecule has 0 aliphatic rings. The largest absolute Gasteiger partial charge is 0.345 e. The predicted octanol–water partition coefficient (Wildman–Crippen LogP) is 1.97. The topological polar surface area (TPSA) is 87.3 Å². The van der Waals surface area contributed by atoms with E-state index in [0.717, 1.165) is 10.0 Å². The molecule has 23 heavy (non-hydrogen) atoms. The highest BCUT2D eigenvalue weighted by atomic mass is 79.9. The molecular weight excluding hydrogens is 362 g/mol. The van der Waals surface area contributed by atoms with Gasteiger partial charge in [0, 0.05) is 17.1 Å². The Morgan fingerprint density at radius 1 is 1.22 bits per heavy atom. The number of carbonyl (C=O) groups is 3. The first kappa shape index (κ1) is 19.2. The van der Waals surface area contributed by atoms with E-state index in [0.29, 0.717) is 5.69 Å². The Morgan fingerprint density at radius 3 is 2.39 bits per heavy atom. The maximum Gasteiger partial charge on any atom is 0.243 e. The maximum absolute atomic E-state index is 12.1. The highest BCUT2D eigenvalue weighted by molar-refractivity contribution is 9.10. The molecule has 0 fully saturated rings. The third-order valence-electron chi connectivity index (χ3n) is 3.19. The van der Waals surface area contributed by atoms with Gasteiger partial charge in [0.15, 0.2) is 0 Å². The van der Waals surface area contributed by atoms with Crippen molar-refractivity contribution in [2.24, 2.45) is 5.92 Å². The van der Waals surface area contributed by atoms with E-state index in [2.05, 4.69) is 31.9 Å². The van der Waals surface area contributed by atoms with Crippen molar-refractivity contribution in [3.8, 4) is 0 Å². The summed E-state index contributed by atoms with van der Waals surface area (Å²) < 4.78 is 0.927. The molecule has 3 amide bonds. The number of halogens is 1. The lowest BCUT2D eigenvalue weighted by Gasteiger charge is -2.20. The summed E-state index contributed by atoms with van der Waals surface area (Å²) in [5, 5.41) is 7.87. The van der Waals surface area contributed by atoms with Crippen LogP contribution in [0.3, 0.4) is 0 Å². The predicted molar refractivity (Wildman–Crippen MR) is 93.0 cm³/mol. The number of carbonyl (C=O) groups excluding carboxylic acids is 3. The molecule has 0 spiro atoms. The Bertz CT molecular complexity index is 602. The summed E-state index contributed by atoms with van der Waals surface area (Å²) in [4.78, 5) is 35.2. The molecule has 0 saturated carbocycles. The average molecular weight is 384 g/mol. The number of aryl methyl sites for hydroxylation is 1. The maximum atomic E-state index is 12.1. The lowest BCUT2D eigenvalue weighted by molar-refractivity contribution is -0.130. The first-order valence-corrected chi connectivity index (χ1v) is 8.10. The second-order valence-corrected chi connectivity index (χ2v) is 6.56. The number of amides is 3. The third kappa shape index (κ3) is 6.40. The number of hydrogen-bond donors (Lipinski definition) is 3. The van der Waals surface area contributed by atoms with Gasteiger partial charge in [-0.15, -0.1) is 0 Å². The first-order chi connectivity index (χ1) is 10.7. The highest BCUT2D eigenvalue weighted by Crippen LogP contribution is 2.19. The smallest absolute Gasteiger partial charge is 0.243 e. The summed E-state index contributed by atoms with van der Waals surface area (Å²) in [7, 11) is 0. The van der Waals surface area contributed by atoms with E-state index in [1.165, 1.54) is 6.92 Å². The second kappa shape index (κ2) is 8.67. The monoisotopic (exact) mass is 383 g/mol. The van der Waals surface area contributed by atoms with Gasteiger partial charge in [0.05, 0.1) is 6.54 Å². The van der Waals surface area contributed by atoms with Crippen molar-refractivity contribution in [3.05, 3.63) is 28.2 Å². The Kier molecular flexibility index (Phi) is 7.22. The molecule has 1 rings (SSSR count). The van der Waals surface area contributed by atoms with Crippen molar-refractivity contribution in [2.45, 2.75) is 33.7 Å². The molecule has 0 aromatic heterocycles. The van der Waals surface area contributed by atoms with Crippen LogP contribution in [0.1, 0.15) is 26.3 Å². The summed E-state index contributed by atoms with van der Waals surface area (Å²) in [6.07, 6.45) is 0. The van der Waals surface area contributed by atoms with Crippen molar-refractivity contribution < 1.29 is 14.4 Å². The number of benzene rings is 1. The Hall–Kier alpha value is -1.89. The van der Waals surface area contributed by atoms with Gasteiger partial charge in [-0.05, 0) is 36.6 Å². The molecule has 0 heterocycles. The van der Waals surface area contributed by atoms with E-state index in [1.54, 1.807) is 6.07 Å². The average Bonchev–Trinajstić information content (AvgIpc) is 2.44. The zero-order valence-electron chi connectivity index (χ0n) is 13.7. The molecule has 7 heteroatoms. The fourth-order valence-electron chi connectivity index (χ4n) is 1.99. The quantitative estimate of drug-likeness (QED) is 0.701. The number of anilines is 1. The number of nitrogens with one attached hydrogen (secondary N) is 3. The van der Waals surface area contributed by atoms with E-state index in [1.807, 2.05) is 32.9 Å². The standard InChI is InChI=1S/C16H22BrN3O3/c1-9(2)15(19-11(4)21)16(23)18-8-14(22)20-13-6-5-12(17)7-10(13)3/h5-7,9,15H,8H2,1-4H3,(H,18,23)(H,19,21)(H,20,22)/t15-/m0/s1. The molecule has 0 aliphatic heterocycles. The summed E-state index contributed by atoms with van der Waals surface area (Å²) in [6, 6.07) is 4.84. The van der Waals surface area contributed by atoms with Gasteiger partial charge >= 0.3 is 0 Å². The minimum atomic E-state index is -0.658. The fourth-order valence-corrected chi connectivity index (χ4v) is 2.47. The minimum Gasteiger partial charge on any atom is -0.345 e. The third-order valence-corrected chi connectivity index (χ3v) is 3.69. The highest BCUT2D eigenvalue weighted by Gasteiger charge is 2.23. The summed E-state index contributed by atoms with van der Waals surface area (Å²) in [6.45, 7) is 6.73. The molecule has 0 radical (unpaired) electrons. The van der Waals surface area contributed by atoms with Crippen LogP contribution in [0.4, 0.5) is 5.69 Å². The number of rotatable bonds is 6. The molecule has 6 nitrogen and oxygen atoms in total. The molecular formula is C16H22BrN3O3. The minimum absolute atomic E-state index is 0.0734. The molecule has 0 bridgehead atoms. The zero-order chi connectivity index (χ0) is 17.6. The van der Waals surface area contributed by atoms with Crippen molar-refractivity contribution in [3.63, 3.8) is 0 Å².